The zero-order chi connectivity index (χ0) is 26.8. The zero-order valence-corrected chi connectivity index (χ0v) is 22.2. The summed E-state index contributed by atoms with van der Waals surface area (Å²) in [7, 11) is 1.61. The number of anilines is 2. The van der Waals surface area contributed by atoms with E-state index in [2.05, 4.69) is 39.8 Å². The molecule has 0 saturated heterocycles. The number of carbonyl (C=O) groups is 1. The van der Waals surface area contributed by atoms with E-state index in [0.29, 0.717) is 35.3 Å². The summed E-state index contributed by atoms with van der Waals surface area (Å²) in [5.74, 6) is 1.54. The van der Waals surface area contributed by atoms with E-state index in [1.807, 2.05) is 69.3 Å². The SMILES string of the molecule is COc1cc(C2C(C(=O)Nc3ccc(C)cc3C)=C(C)Nc3ncnn32)ccc1OCc1ccc(C)cc1. The van der Waals surface area contributed by atoms with Crippen LogP contribution in [0.1, 0.15) is 40.8 Å². The second-order valence-electron chi connectivity index (χ2n) is 9.55. The van der Waals surface area contributed by atoms with Crippen molar-refractivity contribution < 1.29 is 14.3 Å². The van der Waals surface area contributed by atoms with Crippen molar-refractivity contribution >= 4 is 17.5 Å². The molecule has 1 aromatic heterocycles. The van der Waals surface area contributed by atoms with Gasteiger partial charge in [0.1, 0.15) is 19.0 Å². The smallest absolute Gasteiger partial charge is 0.255 e. The highest BCUT2D eigenvalue weighted by Crippen LogP contribution is 2.39. The molecule has 0 spiro atoms. The molecule has 3 aromatic carbocycles. The maximum absolute atomic E-state index is 13.7. The van der Waals surface area contributed by atoms with E-state index in [9.17, 15) is 4.79 Å². The van der Waals surface area contributed by atoms with Crippen molar-refractivity contribution in [2.24, 2.45) is 0 Å². The molecule has 0 saturated carbocycles. The Labute approximate surface area is 222 Å². The van der Waals surface area contributed by atoms with Gasteiger partial charge in [-0.1, -0.05) is 53.6 Å². The highest BCUT2D eigenvalue weighted by Gasteiger charge is 2.34. The van der Waals surface area contributed by atoms with Crippen LogP contribution in [-0.2, 0) is 11.4 Å². The molecule has 0 fully saturated rings. The quantitative estimate of drug-likeness (QED) is 0.331. The summed E-state index contributed by atoms with van der Waals surface area (Å²) in [6.45, 7) is 8.36. The Morgan fingerprint density at radius 1 is 0.974 bits per heavy atom. The summed E-state index contributed by atoms with van der Waals surface area (Å²) in [5.41, 5.74) is 7.23. The average molecular weight is 510 g/mol. The van der Waals surface area contributed by atoms with Gasteiger partial charge in [0.2, 0.25) is 5.95 Å². The van der Waals surface area contributed by atoms with Crippen LogP contribution in [0, 0.1) is 20.8 Å². The lowest BCUT2D eigenvalue weighted by Crippen LogP contribution is -2.31. The van der Waals surface area contributed by atoms with Gasteiger partial charge >= 0.3 is 0 Å². The van der Waals surface area contributed by atoms with Gasteiger partial charge in [0.05, 0.1) is 12.7 Å². The minimum Gasteiger partial charge on any atom is -0.493 e. The fourth-order valence-electron chi connectivity index (χ4n) is 4.66. The molecule has 8 heteroatoms. The summed E-state index contributed by atoms with van der Waals surface area (Å²) in [5, 5.41) is 10.7. The molecule has 1 amide bonds. The summed E-state index contributed by atoms with van der Waals surface area (Å²) < 4.78 is 13.5. The van der Waals surface area contributed by atoms with Crippen molar-refractivity contribution in [1.29, 1.82) is 0 Å². The van der Waals surface area contributed by atoms with Gasteiger partial charge < -0.3 is 20.1 Å². The van der Waals surface area contributed by atoms with Crippen molar-refractivity contribution in [2.75, 3.05) is 17.7 Å². The number of aromatic nitrogens is 3. The molecule has 2 heterocycles. The Kier molecular flexibility index (Phi) is 6.87. The van der Waals surface area contributed by atoms with Crippen LogP contribution >= 0.6 is 0 Å². The first-order valence-corrected chi connectivity index (χ1v) is 12.5. The Morgan fingerprint density at radius 3 is 2.47 bits per heavy atom. The third-order valence-corrected chi connectivity index (χ3v) is 6.69. The predicted octanol–water partition coefficient (Wildman–Crippen LogP) is 5.72. The second-order valence-corrected chi connectivity index (χ2v) is 9.55. The van der Waals surface area contributed by atoms with Crippen molar-refractivity contribution in [3.63, 3.8) is 0 Å². The monoisotopic (exact) mass is 509 g/mol. The molecule has 0 radical (unpaired) electrons. The number of nitrogens with zero attached hydrogens (tertiary/aromatic N) is 3. The van der Waals surface area contributed by atoms with Gasteiger partial charge in [-0.05, 0) is 62.6 Å². The van der Waals surface area contributed by atoms with Gasteiger partial charge in [0, 0.05) is 11.4 Å². The van der Waals surface area contributed by atoms with Crippen molar-refractivity contribution in [3.8, 4) is 11.5 Å². The number of methoxy groups -OCH3 is 1. The number of fused-ring (bicyclic) bond motifs is 1. The molecule has 1 aliphatic heterocycles. The van der Waals surface area contributed by atoms with Crippen LogP contribution in [0.25, 0.3) is 0 Å². The first-order valence-electron chi connectivity index (χ1n) is 12.5. The first-order chi connectivity index (χ1) is 18.3. The van der Waals surface area contributed by atoms with Gasteiger partial charge in [-0.25, -0.2) is 4.68 Å². The summed E-state index contributed by atoms with van der Waals surface area (Å²) >= 11 is 0. The van der Waals surface area contributed by atoms with Crippen LogP contribution in [0.3, 0.4) is 0 Å². The van der Waals surface area contributed by atoms with Crippen molar-refractivity contribution in [1.82, 2.24) is 14.8 Å². The Morgan fingerprint density at radius 2 is 1.74 bits per heavy atom. The number of ether oxygens (including phenoxy) is 2. The fourth-order valence-corrected chi connectivity index (χ4v) is 4.66. The summed E-state index contributed by atoms with van der Waals surface area (Å²) in [6, 6.07) is 19.4. The first kappa shape index (κ1) is 25.1. The van der Waals surface area contributed by atoms with Crippen LogP contribution in [0.2, 0.25) is 0 Å². The predicted molar refractivity (Wildman–Crippen MR) is 148 cm³/mol. The van der Waals surface area contributed by atoms with Gasteiger partial charge in [0.15, 0.2) is 11.5 Å². The van der Waals surface area contributed by atoms with E-state index in [1.165, 1.54) is 11.9 Å². The van der Waals surface area contributed by atoms with E-state index < -0.39 is 6.04 Å². The number of hydrogen-bond acceptors (Lipinski definition) is 6. The van der Waals surface area contributed by atoms with Crippen LogP contribution in [0.4, 0.5) is 11.6 Å². The van der Waals surface area contributed by atoms with Crippen LogP contribution in [-0.4, -0.2) is 27.8 Å². The summed E-state index contributed by atoms with van der Waals surface area (Å²) in [4.78, 5) is 18.0. The molecule has 4 aromatic rings. The van der Waals surface area contributed by atoms with E-state index in [-0.39, 0.29) is 5.91 Å². The summed E-state index contributed by atoms with van der Waals surface area (Å²) in [6.07, 6.45) is 1.48. The molecule has 8 nitrogen and oxygen atoms in total. The Hall–Kier alpha value is -4.59. The van der Waals surface area contributed by atoms with Gasteiger partial charge in [0.25, 0.3) is 5.91 Å². The maximum atomic E-state index is 13.7. The third kappa shape index (κ3) is 4.98. The lowest BCUT2D eigenvalue weighted by molar-refractivity contribution is -0.113. The third-order valence-electron chi connectivity index (χ3n) is 6.69. The topological polar surface area (TPSA) is 90.3 Å². The Bertz CT molecular complexity index is 1520. The number of amides is 1. The van der Waals surface area contributed by atoms with Crippen molar-refractivity contribution in [2.45, 2.75) is 40.3 Å². The number of nitrogens with one attached hydrogen (secondary N) is 2. The van der Waals surface area contributed by atoms with Crippen LogP contribution in [0.15, 0.2) is 78.3 Å². The molecule has 1 unspecified atom stereocenters. The lowest BCUT2D eigenvalue weighted by atomic mass is 9.94. The molecule has 38 heavy (non-hydrogen) atoms. The van der Waals surface area contributed by atoms with E-state index >= 15 is 0 Å². The number of hydrogen-bond donors (Lipinski definition) is 2. The Balaban J connectivity index is 1.47. The lowest BCUT2D eigenvalue weighted by Gasteiger charge is -2.29. The highest BCUT2D eigenvalue weighted by atomic mass is 16.5. The van der Waals surface area contributed by atoms with E-state index in [4.69, 9.17) is 9.47 Å². The van der Waals surface area contributed by atoms with Crippen LogP contribution in [0.5, 0.6) is 11.5 Å². The number of rotatable bonds is 7. The number of allylic oxidation sites excluding steroid dienone is 1. The molecular weight excluding hydrogens is 478 g/mol. The number of carbonyl (C=O) groups excluding carboxylic acids is 1. The van der Waals surface area contributed by atoms with Gasteiger partial charge in [-0.15, -0.1) is 0 Å². The van der Waals surface area contributed by atoms with Gasteiger partial charge in [-0.2, -0.15) is 10.1 Å². The molecule has 1 aliphatic rings. The minimum absolute atomic E-state index is 0.216. The number of aryl methyl sites for hydroxylation is 3. The molecular formula is C30H31N5O3. The molecule has 0 bridgehead atoms. The van der Waals surface area contributed by atoms with E-state index in [0.717, 1.165) is 27.9 Å². The molecule has 194 valence electrons. The van der Waals surface area contributed by atoms with Gasteiger partial charge in [-0.3, -0.25) is 4.79 Å². The zero-order valence-electron chi connectivity index (χ0n) is 22.2. The fraction of sp³-hybridized carbons (Fsp3) is 0.233. The molecule has 1 atom stereocenters. The maximum Gasteiger partial charge on any atom is 0.255 e. The number of benzene rings is 3. The van der Waals surface area contributed by atoms with Crippen molar-refractivity contribution in [3.05, 3.63) is 106 Å². The second kappa shape index (κ2) is 10.4. The molecule has 2 N–H and O–H groups in total. The molecule has 5 rings (SSSR count). The van der Waals surface area contributed by atoms with E-state index in [1.54, 1.807) is 11.8 Å². The normalized spacial score (nSPS) is 14.5. The minimum atomic E-state index is -0.514. The average Bonchev–Trinajstić information content (AvgIpc) is 3.37. The highest BCUT2D eigenvalue weighted by molar-refractivity contribution is 6.06. The largest absolute Gasteiger partial charge is 0.493 e. The standard InChI is InChI=1S/C30H31N5O3/c1-18-6-9-22(10-7-18)16-38-25-13-11-23(15-26(25)37-5)28-27(21(4)33-30-31-17-32-35(28)30)29(36)34-24-12-8-19(2)14-20(24)3/h6-15,17,28H,16H2,1-5H3,(H,34,36)(H,31,32,33). The molecule has 0 aliphatic carbocycles. The van der Waals surface area contributed by atoms with Crippen LogP contribution < -0.4 is 20.1 Å².